The summed E-state index contributed by atoms with van der Waals surface area (Å²) in [6.07, 6.45) is 1.46. The third-order valence-electron chi connectivity index (χ3n) is 8.79. The van der Waals surface area contributed by atoms with Gasteiger partial charge in [-0.2, -0.15) is 0 Å². The Morgan fingerprint density at radius 2 is 0.822 bits per heavy atom. The first-order valence-corrected chi connectivity index (χ1v) is 15.5. The Morgan fingerprint density at radius 3 is 1.11 bits per heavy atom. The van der Waals surface area contributed by atoms with Crippen LogP contribution in [-0.2, 0) is 30.3 Å². The zero-order chi connectivity index (χ0) is 31.3. The molecule has 0 unspecified atom stereocenters. The van der Waals surface area contributed by atoms with Crippen molar-refractivity contribution in [2.75, 3.05) is 13.1 Å². The highest BCUT2D eigenvalue weighted by atomic mass is 16.5. The maximum atomic E-state index is 13.3. The predicted molar refractivity (Wildman–Crippen MR) is 175 cm³/mol. The van der Waals surface area contributed by atoms with Crippen LogP contribution in [0.2, 0.25) is 0 Å². The van der Waals surface area contributed by atoms with Crippen molar-refractivity contribution in [1.82, 2.24) is 10.6 Å². The average Bonchev–Trinajstić information content (AvgIpc) is 3.64. The minimum Gasteiger partial charge on any atom is -0.482 e. The molecule has 0 spiro atoms. The molecule has 0 radical (unpaired) electrons. The van der Waals surface area contributed by atoms with Crippen molar-refractivity contribution in [1.29, 1.82) is 0 Å². The van der Waals surface area contributed by atoms with Crippen molar-refractivity contribution in [2.45, 2.75) is 44.3 Å². The lowest BCUT2D eigenvalue weighted by atomic mass is 9.82. The van der Waals surface area contributed by atoms with E-state index in [0.29, 0.717) is 55.0 Å². The SMILES string of the molecule is CC1=C(C(=O)NCCCNC(=O)C2=C(C)OC(c3ccccc3)(c3ccccc3)C2)CC(c2ccccc2)(c2ccccc2)O1. The summed E-state index contributed by atoms with van der Waals surface area (Å²) in [6, 6.07) is 40.2. The molecule has 6 heteroatoms. The number of hydrogen-bond donors (Lipinski definition) is 2. The standard InChI is InChI=1S/C39H38N2O4/c1-28-34(26-38(44-28,30-16-7-3-8-17-30)31-18-9-4-10-19-31)36(42)40-24-15-25-41-37(43)35-27-39(45-29(35)2,32-20-11-5-12-21-32)33-22-13-6-14-23-33/h3-14,16-23H,15,24-27H2,1-2H3,(H,40,42)(H,41,43). The highest BCUT2D eigenvalue weighted by Gasteiger charge is 2.46. The van der Waals surface area contributed by atoms with Crippen LogP contribution in [0.5, 0.6) is 0 Å². The van der Waals surface area contributed by atoms with Gasteiger partial charge in [-0.15, -0.1) is 0 Å². The van der Waals surface area contributed by atoms with Gasteiger partial charge < -0.3 is 20.1 Å². The lowest BCUT2D eigenvalue weighted by Crippen LogP contribution is -2.33. The Balaban J connectivity index is 1.05. The molecular formula is C39H38N2O4. The van der Waals surface area contributed by atoms with E-state index >= 15 is 0 Å². The van der Waals surface area contributed by atoms with Crippen LogP contribution < -0.4 is 10.6 Å². The molecule has 228 valence electrons. The normalized spacial score (nSPS) is 16.6. The second kappa shape index (κ2) is 12.9. The maximum absolute atomic E-state index is 13.3. The van der Waals surface area contributed by atoms with E-state index in [2.05, 4.69) is 10.6 Å². The minimum absolute atomic E-state index is 0.147. The molecule has 6 nitrogen and oxygen atoms in total. The summed E-state index contributed by atoms with van der Waals surface area (Å²) in [5.74, 6) is 0.951. The van der Waals surface area contributed by atoms with Gasteiger partial charge in [-0.3, -0.25) is 9.59 Å². The smallest absolute Gasteiger partial charge is 0.250 e. The number of rotatable bonds is 10. The topological polar surface area (TPSA) is 76.7 Å². The van der Waals surface area contributed by atoms with Crippen molar-refractivity contribution >= 4 is 11.8 Å². The lowest BCUT2D eigenvalue weighted by Gasteiger charge is -2.31. The van der Waals surface area contributed by atoms with E-state index in [0.717, 1.165) is 22.3 Å². The molecule has 0 fully saturated rings. The number of hydrogen-bond acceptors (Lipinski definition) is 4. The summed E-state index contributed by atoms with van der Waals surface area (Å²) in [6.45, 7) is 4.55. The number of ether oxygens (including phenoxy) is 2. The van der Waals surface area contributed by atoms with E-state index in [-0.39, 0.29) is 11.8 Å². The average molecular weight is 599 g/mol. The largest absolute Gasteiger partial charge is 0.482 e. The Hall–Kier alpha value is -5.10. The fraction of sp³-hybridized carbons (Fsp3) is 0.231. The van der Waals surface area contributed by atoms with Gasteiger partial charge in [0.15, 0.2) is 11.2 Å². The van der Waals surface area contributed by atoms with Gasteiger partial charge in [0.05, 0.1) is 11.1 Å². The molecule has 0 atom stereocenters. The van der Waals surface area contributed by atoms with Crippen LogP contribution in [0, 0.1) is 0 Å². The number of amides is 2. The summed E-state index contributed by atoms with van der Waals surface area (Å²) >= 11 is 0. The fourth-order valence-electron chi connectivity index (χ4n) is 6.46. The van der Waals surface area contributed by atoms with E-state index in [4.69, 9.17) is 9.47 Å². The van der Waals surface area contributed by atoms with Gasteiger partial charge in [0.1, 0.15) is 11.5 Å². The summed E-state index contributed by atoms with van der Waals surface area (Å²) in [5.41, 5.74) is 3.78. The second-order valence-corrected chi connectivity index (χ2v) is 11.6. The first-order valence-electron chi connectivity index (χ1n) is 15.5. The second-order valence-electron chi connectivity index (χ2n) is 11.6. The monoisotopic (exact) mass is 598 g/mol. The van der Waals surface area contributed by atoms with E-state index in [1.807, 2.05) is 135 Å². The molecule has 2 aliphatic heterocycles. The third-order valence-corrected chi connectivity index (χ3v) is 8.79. The van der Waals surface area contributed by atoms with Crippen molar-refractivity contribution < 1.29 is 19.1 Å². The van der Waals surface area contributed by atoms with Crippen molar-refractivity contribution in [3.63, 3.8) is 0 Å². The summed E-state index contributed by atoms with van der Waals surface area (Å²) in [4.78, 5) is 26.7. The van der Waals surface area contributed by atoms with Crippen LogP contribution in [0.1, 0.15) is 55.4 Å². The maximum Gasteiger partial charge on any atom is 0.250 e. The fourth-order valence-corrected chi connectivity index (χ4v) is 6.46. The molecule has 6 rings (SSSR count). The van der Waals surface area contributed by atoms with Gasteiger partial charge >= 0.3 is 0 Å². The Kier molecular flexibility index (Phi) is 8.56. The zero-order valence-corrected chi connectivity index (χ0v) is 25.7. The van der Waals surface area contributed by atoms with Crippen molar-refractivity contribution in [3.8, 4) is 0 Å². The van der Waals surface area contributed by atoms with Crippen molar-refractivity contribution in [2.24, 2.45) is 0 Å². The summed E-state index contributed by atoms with van der Waals surface area (Å²) in [5, 5.41) is 6.08. The highest BCUT2D eigenvalue weighted by Crippen LogP contribution is 2.48. The molecule has 2 N–H and O–H groups in total. The summed E-state index contributed by atoms with van der Waals surface area (Å²) < 4.78 is 13.0. The van der Waals surface area contributed by atoms with E-state index in [1.165, 1.54) is 0 Å². The third kappa shape index (κ3) is 5.88. The van der Waals surface area contributed by atoms with Crippen LogP contribution in [0.15, 0.2) is 144 Å². The first-order chi connectivity index (χ1) is 21.9. The van der Waals surface area contributed by atoms with Gasteiger partial charge in [0.25, 0.3) is 11.8 Å². The van der Waals surface area contributed by atoms with Gasteiger partial charge in [0.2, 0.25) is 0 Å². The summed E-state index contributed by atoms with van der Waals surface area (Å²) in [7, 11) is 0. The number of carbonyl (C=O) groups excluding carboxylic acids is 2. The Labute approximate surface area is 264 Å². The Morgan fingerprint density at radius 1 is 0.533 bits per heavy atom. The van der Waals surface area contributed by atoms with Crippen LogP contribution >= 0.6 is 0 Å². The molecule has 0 aliphatic carbocycles. The molecule has 0 saturated carbocycles. The molecule has 0 saturated heterocycles. The molecule has 2 aliphatic rings. The van der Waals surface area contributed by atoms with Crippen molar-refractivity contribution in [3.05, 3.63) is 166 Å². The number of nitrogens with one attached hydrogen (secondary N) is 2. The van der Waals surface area contributed by atoms with E-state index < -0.39 is 11.2 Å². The first kappa shape index (κ1) is 29.9. The van der Waals surface area contributed by atoms with Crippen LogP contribution in [-0.4, -0.2) is 24.9 Å². The molecular weight excluding hydrogens is 560 g/mol. The van der Waals surface area contributed by atoms with E-state index in [1.54, 1.807) is 0 Å². The predicted octanol–water partition coefficient (Wildman–Crippen LogP) is 6.89. The van der Waals surface area contributed by atoms with Crippen LogP contribution in [0.25, 0.3) is 0 Å². The quantitative estimate of drug-likeness (QED) is 0.195. The van der Waals surface area contributed by atoms with E-state index in [9.17, 15) is 9.59 Å². The highest BCUT2D eigenvalue weighted by molar-refractivity contribution is 5.95. The number of carbonyl (C=O) groups is 2. The van der Waals surface area contributed by atoms with Crippen LogP contribution in [0.3, 0.4) is 0 Å². The minimum atomic E-state index is -0.753. The molecule has 0 aromatic heterocycles. The molecule has 4 aromatic carbocycles. The molecule has 0 bridgehead atoms. The lowest BCUT2D eigenvalue weighted by molar-refractivity contribution is -0.118. The number of allylic oxidation sites excluding steroid dienone is 2. The molecule has 45 heavy (non-hydrogen) atoms. The molecule has 2 heterocycles. The van der Waals surface area contributed by atoms with Gasteiger partial charge in [-0.25, -0.2) is 0 Å². The van der Waals surface area contributed by atoms with Gasteiger partial charge in [-0.05, 0) is 20.3 Å². The number of benzene rings is 4. The van der Waals surface area contributed by atoms with Gasteiger partial charge in [0, 0.05) is 48.2 Å². The molecule has 2 amide bonds. The molecule has 4 aromatic rings. The van der Waals surface area contributed by atoms with Crippen LogP contribution in [0.4, 0.5) is 0 Å². The zero-order valence-electron chi connectivity index (χ0n) is 25.7. The Bertz CT molecular complexity index is 1510. The van der Waals surface area contributed by atoms with Gasteiger partial charge in [-0.1, -0.05) is 121 Å².